The van der Waals surface area contributed by atoms with E-state index in [4.69, 9.17) is 4.74 Å². The average molecular weight is 329 g/mol. The Balaban J connectivity index is 1.90. The fourth-order valence-electron chi connectivity index (χ4n) is 3.21. The number of amides is 3. The highest BCUT2D eigenvalue weighted by atomic mass is 16.5. The molecule has 1 N–H and O–H groups in total. The van der Waals surface area contributed by atoms with Crippen LogP contribution in [0.4, 0.5) is 4.79 Å². The zero-order valence-corrected chi connectivity index (χ0v) is 14.3. The molecule has 0 radical (unpaired) electrons. The van der Waals surface area contributed by atoms with Crippen LogP contribution in [-0.4, -0.2) is 55.6 Å². The summed E-state index contributed by atoms with van der Waals surface area (Å²) in [5.41, 5.74) is 3.55. The number of hydrogen-bond acceptors (Lipinski definition) is 3. The highest BCUT2D eigenvalue weighted by Gasteiger charge is 2.42. The predicted octanol–water partition coefficient (Wildman–Crippen LogP) is 1.82. The van der Waals surface area contributed by atoms with Crippen molar-refractivity contribution in [2.75, 3.05) is 33.9 Å². The van der Waals surface area contributed by atoms with Crippen LogP contribution in [0.5, 0.6) is 0 Å². The van der Waals surface area contributed by atoms with Crippen LogP contribution < -0.4 is 5.32 Å². The second-order valence-corrected chi connectivity index (χ2v) is 6.29. The van der Waals surface area contributed by atoms with Crippen LogP contribution in [0, 0.1) is 6.92 Å². The standard InChI is InChI=1S/C18H23N3O3/c1-12-5-7-13(8-6-12)16-15-14(20(2)18(23)19-16)11-21(17(15)22)9-4-10-24-3/h5-8,16H,4,9-11H2,1-3H3,(H,19,23). The van der Waals surface area contributed by atoms with Gasteiger partial charge in [-0.3, -0.25) is 9.69 Å². The van der Waals surface area contributed by atoms with E-state index in [9.17, 15) is 9.59 Å². The predicted molar refractivity (Wildman–Crippen MR) is 90.3 cm³/mol. The number of carbonyl (C=O) groups excluding carboxylic acids is 2. The summed E-state index contributed by atoms with van der Waals surface area (Å²) in [5.74, 6) is -0.00136. The van der Waals surface area contributed by atoms with E-state index in [2.05, 4.69) is 5.32 Å². The number of aryl methyl sites for hydroxylation is 1. The number of urea groups is 1. The van der Waals surface area contributed by atoms with Gasteiger partial charge >= 0.3 is 6.03 Å². The Morgan fingerprint density at radius 3 is 2.62 bits per heavy atom. The lowest BCUT2D eigenvalue weighted by atomic mass is 9.95. The lowest BCUT2D eigenvalue weighted by Gasteiger charge is -2.31. The van der Waals surface area contributed by atoms with Crippen LogP contribution in [-0.2, 0) is 9.53 Å². The van der Waals surface area contributed by atoms with Gasteiger partial charge in [-0.05, 0) is 18.9 Å². The van der Waals surface area contributed by atoms with Gasteiger partial charge in [0.25, 0.3) is 5.91 Å². The van der Waals surface area contributed by atoms with Gasteiger partial charge in [0, 0.05) is 27.3 Å². The molecule has 0 saturated heterocycles. The normalized spacial score (nSPS) is 20.5. The third-order valence-electron chi connectivity index (χ3n) is 4.62. The molecule has 0 aliphatic carbocycles. The van der Waals surface area contributed by atoms with Crippen LogP contribution in [0.1, 0.15) is 23.6 Å². The van der Waals surface area contributed by atoms with Gasteiger partial charge in [-0.1, -0.05) is 29.8 Å². The molecule has 0 aromatic heterocycles. The molecule has 2 aliphatic rings. The number of methoxy groups -OCH3 is 1. The van der Waals surface area contributed by atoms with Gasteiger partial charge in [-0.2, -0.15) is 0 Å². The van der Waals surface area contributed by atoms with Crippen molar-refractivity contribution in [1.82, 2.24) is 15.1 Å². The summed E-state index contributed by atoms with van der Waals surface area (Å²) >= 11 is 0. The van der Waals surface area contributed by atoms with E-state index in [-0.39, 0.29) is 18.0 Å². The molecule has 6 nitrogen and oxygen atoms in total. The maximum atomic E-state index is 12.9. The van der Waals surface area contributed by atoms with Gasteiger partial charge in [0.05, 0.1) is 23.9 Å². The molecule has 2 aliphatic heterocycles. The monoisotopic (exact) mass is 329 g/mol. The summed E-state index contributed by atoms with van der Waals surface area (Å²) in [5, 5.41) is 2.95. The number of likely N-dealkylation sites (N-methyl/N-ethyl adjacent to an activating group) is 1. The first-order valence-corrected chi connectivity index (χ1v) is 8.15. The molecule has 1 aromatic carbocycles. The molecule has 1 atom stereocenters. The van der Waals surface area contributed by atoms with Crippen LogP contribution in [0.3, 0.4) is 0 Å². The SMILES string of the molecule is COCCCN1CC2=C(C1=O)C(c1ccc(C)cc1)NC(=O)N2C. The number of hydrogen-bond donors (Lipinski definition) is 1. The van der Waals surface area contributed by atoms with Crippen LogP contribution >= 0.6 is 0 Å². The van der Waals surface area contributed by atoms with Gasteiger partial charge in [-0.25, -0.2) is 4.79 Å². The number of benzene rings is 1. The largest absolute Gasteiger partial charge is 0.385 e. The minimum Gasteiger partial charge on any atom is -0.385 e. The molecule has 0 bridgehead atoms. The van der Waals surface area contributed by atoms with Gasteiger partial charge in [0.2, 0.25) is 0 Å². The molecular weight excluding hydrogens is 306 g/mol. The number of rotatable bonds is 5. The van der Waals surface area contributed by atoms with E-state index in [1.807, 2.05) is 31.2 Å². The van der Waals surface area contributed by atoms with E-state index in [1.54, 1.807) is 24.0 Å². The molecule has 128 valence electrons. The Morgan fingerprint density at radius 2 is 1.96 bits per heavy atom. The Hall–Kier alpha value is -2.34. The first-order valence-electron chi connectivity index (χ1n) is 8.15. The minimum atomic E-state index is -0.385. The minimum absolute atomic E-state index is 0.00136. The highest BCUT2D eigenvalue weighted by Crippen LogP contribution is 2.35. The number of nitrogens with one attached hydrogen (secondary N) is 1. The first-order chi connectivity index (χ1) is 11.5. The fraction of sp³-hybridized carbons (Fsp3) is 0.444. The second kappa shape index (κ2) is 6.65. The lowest BCUT2D eigenvalue weighted by molar-refractivity contribution is -0.125. The molecule has 2 heterocycles. The van der Waals surface area contributed by atoms with Crippen molar-refractivity contribution < 1.29 is 14.3 Å². The van der Waals surface area contributed by atoms with Gasteiger partial charge < -0.3 is 15.0 Å². The maximum Gasteiger partial charge on any atom is 0.322 e. The molecule has 3 rings (SSSR count). The van der Waals surface area contributed by atoms with E-state index < -0.39 is 0 Å². The smallest absolute Gasteiger partial charge is 0.322 e. The Kier molecular flexibility index (Phi) is 4.57. The Morgan fingerprint density at radius 1 is 1.25 bits per heavy atom. The van der Waals surface area contributed by atoms with Crippen LogP contribution in [0.2, 0.25) is 0 Å². The zero-order valence-electron chi connectivity index (χ0n) is 14.3. The van der Waals surface area contributed by atoms with Gasteiger partial charge in [-0.15, -0.1) is 0 Å². The summed E-state index contributed by atoms with van der Waals surface area (Å²) in [7, 11) is 3.36. The molecule has 1 aromatic rings. The maximum absolute atomic E-state index is 12.9. The molecular formula is C18H23N3O3. The van der Waals surface area contributed by atoms with Crippen molar-refractivity contribution in [2.45, 2.75) is 19.4 Å². The summed E-state index contributed by atoms with van der Waals surface area (Å²) in [4.78, 5) is 28.5. The van der Waals surface area contributed by atoms with Crippen molar-refractivity contribution in [3.05, 3.63) is 46.7 Å². The number of ether oxygens (including phenoxy) is 1. The average Bonchev–Trinajstić information content (AvgIpc) is 2.90. The van der Waals surface area contributed by atoms with Crippen molar-refractivity contribution in [1.29, 1.82) is 0 Å². The second-order valence-electron chi connectivity index (χ2n) is 6.29. The van der Waals surface area contributed by atoms with Crippen molar-refractivity contribution >= 4 is 11.9 Å². The summed E-state index contributed by atoms with van der Waals surface area (Å²) in [6.07, 6.45) is 0.781. The lowest BCUT2D eigenvalue weighted by Crippen LogP contribution is -2.45. The van der Waals surface area contributed by atoms with Gasteiger partial charge in [0.15, 0.2) is 0 Å². The molecule has 1 unspecified atom stereocenters. The first kappa shape index (κ1) is 16.5. The number of carbonyl (C=O) groups is 2. The molecule has 3 amide bonds. The van der Waals surface area contributed by atoms with Crippen molar-refractivity contribution in [2.24, 2.45) is 0 Å². The zero-order chi connectivity index (χ0) is 17.3. The topological polar surface area (TPSA) is 61.9 Å². The Labute approximate surface area is 142 Å². The van der Waals surface area contributed by atoms with E-state index in [0.29, 0.717) is 25.3 Å². The highest BCUT2D eigenvalue weighted by molar-refractivity contribution is 6.01. The fourth-order valence-corrected chi connectivity index (χ4v) is 3.21. The molecule has 0 spiro atoms. The third kappa shape index (κ3) is 2.89. The summed E-state index contributed by atoms with van der Waals surface area (Å²) < 4.78 is 5.07. The van der Waals surface area contributed by atoms with Crippen LogP contribution in [0.15, 0.2) is 35.5 Å². The quantitative estimate of drug-likeness (QED) is 0.838. The molecule has 24 heavy (non-hydrogen) atoms. The van der Waals surface area contributed by atoms with Crippen molar-refractivity contribution in [3.8, 4) is 0 Å². The Bertz CT molecular complexity index is 681. The van der Waals surface area contributed by atoms with E-state index in [0.717, 1.165) is 23.2 Å². The molecule has 0 fully saturated rings. The van der Waals surface area contributed by atoms with E-state index >= 15 is 0 Å². The molecule has 0 saturated carbocycles. The van der Waals surface area contributed by atoms with Gasteiger partial charge in [0.1, 0.15) is 0 Å². The van der Waals surface area contributed by atoms with E-state index in [1.165, 1.54) is 0 Å². The third-order valence-corrected chi connectivity index (χ3v) is 4.62. The van der Waals surface area contributed by atoms with Crippen molar-refractivity contribution in [3.63, 3.8) is 0 Å². The summed E-state index contributed by atoms with van der Waals surface area (Å²) in [6, 6.07) is 7.37. The molecule has 6 heteroatoms. The summed E-state index contributed by atoms with van der Waals surface area (Å²) in [6.45, 7) is 3.73. The van der Waals surface area contributed by atoms with Crippen LogP contribution in [0.25, 0.3) is 0 Å². The number of nitrogens with zero attached hydrogens (tertiary/aromatic N) is 2.